The Labute approximate surface area is 123 Å². The summed E-state index contributed by atoms with van der Waals surface area (Å²) < 4.78 is 28.3. The van der Waals surface area contributed by atoms with Crippen LogP contribution in [0.2, 0.25) is 0 Å². The van der Waals surface area contributed by atoms with Gasteiger partial charge in [0.1, 0.15) is 5.75 Å². The van der Waals surface area contributed by atoms with Crippen LogP contribution in [0.3, 0.4) is 0 Å². The molecule has 1 heterocycles. The minimum absolute atomic E-state index is 0.0765. The summed E-state index contributed by atoms with van der Waals surface area (Å²) in [5, 5.41) is 2.77. The summed E-state index contributed by atoms with van der Waals surface area (Å²) in [6.07, 6.45) is 3.45. The highest BCUT2D eigenvalue weighted by Crippen LogP contribution is 2.19. The Morgan fingerprint density at radius 2 is 2.10 bits per heavy atom. The highest BCUT2D eigenvalue weighted by molar-refractivity contribution is 5.92. The van der Waals surface area contributed by atoms with Crippen LogP contribution in [-0.2, 0) is 4.79 Å². The Morgan fingerprint density at radius 3 is 2.71 bits per heavy atom. The van der Waals surface area contributed by atoms with Crippen molar-refractivity contribution < 1.29 is 18.3 Å². The predicted molar refractivity (Wildman–Crippen MR) is 76.6 cm³/mol. The second-order valence-corrected chi connectivity index (χ2v) is 5.27. The lowest BCUT2D eigenvalue weighted by atomic mass is 10.0. The van der Waals surface area contributed by atoms with E-state index < -0.39 is 6.61 Å². The van der Waals surface area contributed by atoms with Crippen LogP contribution in [-0.4, -0.2) is 36.5 Å². The van der Waals surface area contributed by atoms with Gasteiger partial charge in [-0.15, -0.1) is 0 Å². The molecule has 21 heavy (non-hydrogen) atoms. The van der Waals surface area contributed by atoms with Gasteiger partial charge in [-0.1, -0.05) is 6.42 Å². The molecule has 116 valence electrons. The number of nitrogens with zero attached hydrogens (tertiary/aromatic N) is 1. The molecule has 4 nitrogen and oxygen atoms in total. The number of likely N-dealkylation sites (tertiary alicyclic amines) is 1. The molecule has 1 saturated heterocycles. The summed E-state index contributed by atoms with van der Waals surface area (Å²) in [4.78, 5) is 14.1. The molecule has 1 aromatic rings. The maximum Gasteiger partial charge on any atom is 0.387 e. The third-order valence-corrected chi connectivity index (χ3v) is 3.65. The van der Waals surface area contributed by atoms with Crippen molar-refractivity contribution in [2.75, 3.05) is 18.4 Å². The Bertz CT molecular complexity index is 465. The van der Waals surface area contributed by atoms with Gasteiger partial charge in [0.2, 0.25) is 5.91 Å². The van der Waals surface area contributed by atoms with E-state index in [4.69, 9.17) is 0 Å². The van der Waals surface area contributed by atoms with Crippen molar-refractivity contribution in [1.29, 1.82) is 0 Å². The van der Waals surface area contributed by atoms with Crippen molar-refractivity contribution in [1.82, 2.24) is 4.90 Å². The van der Waals surface area contributed by atoms with E-state index in [0.717, 1.165) is 19.4 Å². The first-order chi connectivity index (χ1) is 10.0. The summed E-state index contributed by atoms with van der Waals surface area (Å²) in [5.74, 6) is -0.0149. The van der Waals surface area contributed by atoms with Crippen LogP contribution in [0.15, 0.2) is 24.3 Å². The van der Waals surface area contributed by atoms with Gasteiger partial charge in [-0.05, 0) is 50.6 Å². The molecular formula is C15H20F2N2O2. The van der Waals surface area contributed by atoms with Crippen molar-refractivity contribution in [3.8, 4) is 5.75 Å². The van der Waals surface area contributed by atoms with Gasteiger partial charge in [-0.3, -0.25) is 9.69 Å². The third-order valence-electron chi connectivity index (χ3n) is 3.65. The Hall–Kier alpha value is -1.69. The maximum atomic E-state index is 12.0. The zero-order valence-electron chi connectivity index (χ0n) is 12.0. The van der Waals surface area contributed by atoms with Crippen molar-refractivity contribution in [2.24, 2.45) is 0 Å². The minimum atomic E-state index is -2.84. The number of carbonyl (C=O) groups is 1. The molecule has 1 aromatic carbocycles. The normalized spacial score (nSPS) is 19.5. The number of anilines is 1. The van der Waals surface area contributed by atoms with Crippen molar-refractivity contribution in [2.45, 2.75) is 38.8 Å². The van der Waals surface area contributed by atoms with Crippen molar-refractivity contribution >= 4 is 11.6 Å². The number of ether oxygens (including phenoxy) is 1. The first-order valence-corrected chi connectivity index (χ1v) is 7.13. The SMILES string of the molecule is C[C@H]1CCCCN1CC(=O)Nc1ccc(OC(F)F)cc1. The molecule has 0 bridgehead atoms. The van der Waals surface area contributed by atoms with Gasteiger partial charge in [0.25, 0.3) is 0 Å². The fourth-order valence-corrected chi connectivity index (χ4v) is 2.50. The molecule has 6 heteroatoms. The highest BCUT2D eigenvalue weighted by atomic mass is 19.3. The largest absolute Gasteiger partial charge is 0.435 e. The minimum Gasteiger partial charge on any atom is -0.435 e. The molecule has 0 spiro atoms. The number of hydrogen-bond acceptors (Lipinski definition) is 3. The van der Waals surface area contributed by atoms with Crippen molar-refractivity contribution in [3.63, 3.8) is 0 Å². The Morgan fingerprint density at radius 1 is 1.38 bits per heavy atom. The van der Waals surface area contributed by atoms with E-state index in [9.17, 15) is 13.6 Å². The zero-order chi connectivity index (χ0) is 15.2. The van der Waals surface area contributed by atoms with E-state index >= 15 is 0 Å². The molecule has 1 N–H and O–H groups in total. The van der Waals surface area contributed by atoms with E-state index in [0.29, 0.717) is 18.3 Å². The molecule has 0 saturated carbocycles. The van der Waals surface area contributed by atoms with Gasteiger partial charge in [0.15, 0.2) is 0 Å². The number of alkyl halides is 2. The first kappa shape index (κ1) is 15.7. The maximum absolute atomic E-state index is 12.0. The summed E-state index contributed by atoms with van der Waals surface area (Å²) in [7, 11) is 0. The van der Waals surface area contributed by atoms with Gasteiger partial charge in [0.05, 0.1) is 6.54 Å². The summed E-state index contributed by atoms with van der Waals surface area (Å²) in [5.41, 5.74) is 0.575. The summed E-state index contributed by atoms with van der Waals surface area (Å²) in [6, 6.07) is 6.34. The smallest absolute Gasteiger partial charge is 0.387 e. The van der Waals surface area contributed by atoms with E-state index in [-0.39, 0.29) is 11.7 Å². The second kappa shape index (κ2) is 7.36. The third kappa shape index (κ3) is 4.97. The van der Waals surface area contributed by atoms with Crippen LogP contribution in [0.5, 0.6) is 5.75 Å². The number of halogens is 2. The van der Waals surface area contributed by atoms with Gasteiger partial charge in [0, 0.05) is 11.7 Å². The van der Waals surface area contributed by atoms with Crippen LogP contribution >= 0.6 is 0 Å². The van der Waals surface area contributed by atoms with E-state index in [1.165, 1.54) is 18.6 Å². The molecule has 1 atom stereocenters. The average Bonchev–Trinajstić information content (AvgIpc) is 2.43. The average molecular weight is 298 g/mol. The lowest BCUT2D eigenvalue weighted by Gasteiger charge is -2.32. The molecular weight excluding hydrogens is 278 g/mol. The monoisotopic (exact) mass is 298 g/mol. The lowest BCUT2D eigenvalue weighted by molar-refractivity contribution is -0.118. The number of hydrogen-bond donors (Lipinski definition) is 1. The molecule has 0 unspecified atom stereocenters. The Balaban J connectivity index is 1.84. The van der Waals surface area contributed by atoms with Gasteiger partial charge >= 0.3 is 6.61 Å². The fourth-order valence-electron chi connectivity index (χ4n) is 2.50. The van der Waals surface area contributed by atoms with Crippen LogP contribution in [0.4, 0.5) is 14.5 Å². The number of nitrogens with one attached hydrogen (secondary N) is 1. The lowest BCUT2D eigenvalue weighted by Crippen LogP contribution is -2.42. The molecule has 1 fully saturated rings. The first-order valence-electron chi connectivity index (χ1n) is 7.13. The predicted octanol–water partition coefficient (Wildman–Crippen LogP) is 3.10. The summed E-state index contributed by atoms with van der Waals surface area (Å²) >= 11 is 0. The van der Waals surface area contributed by atoms with Crippen LogP contribution < -0.4 is 10.1 Å². The molecule has 1 amide bonds. The van der Waals surface area contributed by atoms with Crippen LogP contribution in [0, 0.1) is 0 Å². The topological polar surface area (TPSA) is 41.6 Å². The van der Waals surface area contributed by atoms with E-state index in [2.05, 4.69) is 21.9 Å². The molecule has 0 aliphatic carbocycles. The van der Waals surface area contributed by atoms with Crippen LogP contribution in [0.25, 0.3) is 0 Å². The van der Waals surface area contributed by atoms with Crippen molar-refractivity contribution in [3.05, 3.63) is 24.3 Å². The molecule has 1 aliphatic heterocycles. The molecule has 1 aliphatic rings. The molecule has 0 radical (unpaired) electrons. The number of piperidine rings is 1. The van der Waals surface area contributed by atoms with Gasteiger partial charge in [-0.25, -0.2) is 0 Å². The second-order valence-electron chi connectivity index (χ2n) is 5.27. The number of benzene rings is 1. The zero-order valence-corrected chi connectivity index (χ0v) is 12.0. The highest BCUT2D eigenvalue weighted by Gasteiger charge is 2.20. The molecule has 0 aromatic heterocycles. The standard InChI is InChI=1S/C15H20F2N2O2/c1-11-4-2-3-9-19(11)10-14(20)18-12-5-7-13(8-6-12)21-15(16)17/h5-8,11,15H,2-4,9-10H2,1H3,(H,18,20)/t11-/m0/s1. The van der Waals surface area contributed by atoms with E-state index in [1.807, 2.05) is 0 Å². The number of rotatable bonds is 5. The quantitative estimate of drug-likeness (QED) is 0.908. The number of carbonyl (C=O) groups excluding carboxylic acids is 1. The Kier molecular flexibility index (Phi) is 5.50. The molecule has 2 rings (SSSR count). The van der Waals surface area contributed by atoms with Gasteiger partial charge in [-0.2, -0.15) is 8.78 Å². The van der Waals surface area contributed by atoms with Crippen LogP contribution in [0.1, 0.15) is 26.2 Å². The fraction of sp³-hybridized carbons (Fsp3) is 0.533. The summed E-state index contributed by atoms with van der Waals surface area (Å²) in [6.45, 7) is 0.584. The van der Waals surface area contributed by atoms with E-state index in [1.54, 1.807) is 12.1 Å². The number of amides is 1. The van der Waals surface area contributed by atoms with Gasteiger partial charge < -0.3 is 10.1 Å².